The van der Waals surface area contributed by atoms with Gasteiger partial charge in [0.15, 0.2) is 0 Å². The van der Waals surface area contributed by atoms with Gasteiger partial charge in [-0.15, -0.1) is 0 Å². The van der Waals surface area contributed by atoms with Crippen LogP contribution in [0.15, 0.2) is 24.3 Å². The number of rotatable bonds is 7. The summed E-state index contributed by atoms with van der Waals surface area (Å²) < 4.78 is 5.46. The van der Waals surface area contributed by atoms with E-state index in [1.54, 1.807) is 7.11 Å². The number of benzene rings is 1. The SMILES string of the molecule is COc1ccccc1C(C(C)N)N(CCC#N)C(C)C. The van der Waals surface area contributed by atoms with Crippen molar-refractivity contribution in [1.82, 2.24) is 4.90 Å². The summed E-state index contributed by atoms with van der Waals surface area (Å²) in [6.07, 6.45) is 0.497. The predicted molar refractivity (Wildman–Crippen MR) is 81.5 cm³/mol. The Morgan fingerprint density at radius 2 is 1.95 bits per heavy atom. The zero-order valence-electron chi connectivity index (χ0n) is 12.8. The Morgan fingerprint density at radius 3 is 2.45 bits per heavy atom. The molecule has 0 aliphatic heterocycles. The monoisotopic (exact) mass is 275 g/mol. The molecule has 2 unspecified atom stereocenters. The molecule has 1 aromatic carbocycles. The Balaban J connectivity index is 3.17. The quantitative estimate of drug-likeness (QED) is 0.831. The molecule has 1 rings (SSSR count). The van der Waals surface area contributed by atoms with Gasteiger partial charge >= 0.3 is 0 Å². The zero-order valence-corrected chi connectivity index (χ0v) is 12.8. The molecule has 0 heterocycles. The number of hydrogen-bond donors (Lipinski definition) is 1. The second kappa shape index (κ2) is 7.88. The van der Waals surface area contributed by atoms with Gasteiger partial charge in [0.1, 0.15) is 5.75 Å². The molecule has 0 bridgehead atoms. The minimum absolute atomic E-state index is 0.0412. The minimum Gasteiger partial charge on any atom is -0.496 e. The van der Waals surface area contributed by atoms with Crippen LogP contribution in [0.3, 0.4) is 0 Å². The highest BCUT2D eigenvalue weighted by Gasteiger charge is 2.28. The molecule has 0 fully saturated rings. The standard InChI is InChI=1S/C16H25N3O/c1-12(2)19(11-7-10-17)16(13(3)18)14-8-5-6-9-15(14)20-4/h5-6,8-9,12-13,16H,7,11,18H2,1-4H3. The van der Waals surface area contributed by atoms with Crippen molar-refractivity contribution in [2.75, 3.05) is 13.7 Å². The molecule has 1 aromatic rings. The van der Waals surface area contributed by atoms with Gasteiger partial charge < -0.3 is 10.5 Å². The van der Waals surface area contributed by atoms with Crippen LogP contribution in [0.2, 0.25) is 0 Å². The lowest BCUT2D eigenvalue weighted by Gasteiger charge is -2.37. The van der Waals surface area contributed by atoms with Gasteiger partial charge in [-0.05, 0) is 26.8 Å². The van der Waals surface area contributed by atoms with Crippen LogP contribution in [-0.4, -0.2) is 30.6 Å². The molecule has 0 aromatic heterocycles. The van der Waals surface area contributed by atoms with Crippen LogP contribution in [0, 0.1) is 11.3 Å². The number of para-hydroxylation sites is 1. The lowest BCUT2D eigenvalue weighted by Crippen LogP contribution is -2.43. The highest BCUT2D eigenvalue weighted by Crippen LogP contribution is 2.32. The Labute approximate surface area is 122 Å². The first-order valence-corrected chi connectivity index (χ1v) is 7.04. The van der Waals surface area contributed by atoms with E-state index in [0.29, 0.717) is 19.0 Å². The number of ether oxygens (including phenoxy) is 1. The maximum atomic E-state index is 8.86. The fourth-order valence-corrected chi connectivity index (χ4v) is 2.57. The summed E-state index contributed by atoms with van der Waals surface area (Å²) in [5.74, 6) is 0.845. The lowest BCUT2D eigenvalue weighted by molar-refractivity contribution is 0.137. The van der Waals surface area contributed by atoms with Gasteiger partial charge in [0.25, 0.3) is 0 Å². The number of nitrogens with two attached hydrogens (primary N) is 1. The fraction of sp³-hybridized carbons (Fsp3) is 0.562. The van der Waals surface area contributed by atoms with Crippen molar-refractivity contribution in [2.45, 2.75) is 45.3 Å². The highest BCUT2D eigenvalue weighted by atomic mass is 16.5. The molecule has 0 aliphatic rings. The fourth-order valence-electron chi connectivity index (χ4n) is 2.57. The van der Waals surface area contributed by atoms with E-state index in [1.165, 1.54) is 0 Å². The van der Waals surface area contributed by atoms with E-state index in [9.17, 15) is 0 Å². The smallest absolute Gasteiger partial charge is 0.123 e. The third kappa shape index (κ3) is 3.96. The van der Waals surface area contributed by atoms with E-state index in [1.807, 2.05) is 25.1 Å². The van der Waals surface area contributed by atoms with Crippen molar-refractivity contribution in [3.8, 4) is 11.8 Å². The molecular formula is C16H25N3O. The van der Waals surface area contributed by atoms with E-state index < -0.39 is 0 Å². The largest absolute Gasteiger partial charge is 0.496 e. The van der Waals surface area contributed by atoms with Gasteiger partial charge in [0, 0.05) is 30.6 Å². The Morgan fingerprint density at radius 1 is 1.30 bits per heavy atom. The van der Waals surface area contributed by atoms with Gasteiger partial charge in [0.2, 0.25) is 0 Å². The van der Waals surface area contributed by atoms with Gasteiger partial charge in [-0.3, -0.25) is 4.90 Å². The van der Waals surface area contributed by atoms with Crippen molar-refractivity contribution in [3.63, 3.8) is 0 Å². The molecule has 20 heavy (non-hydrogen) atoms. The molecular weight excluding hydrogens is 250 g/mol. The maximum Gasteiger partial charge on any atom is 0.123 e. The highest BCUT2D eigenvalue weighted by molar-refractivity contribution is 5.36. The van der Waals surface area contributed by atoms with Crippen LogP contribution in [0.25, 0.3) is 0 Å². The molecule has 0 saturated heterocycles. The van der Waals surface area contributed by atoms with Crippen LogP contribution in [0.5, 0.6) is 5.75 Å². The number of hydrogen-bond acceptors (Lipinski definition) is 4. The Hall–Kier alpha value is -1.57. The van der Waals surface area contributed by atoms with Crippen molar-refractivity contribution in [2.24, 2.45) is 5.73 Å². The number of nitrogens with zero attached hydrogens (tertiary/aromatic N) is 2. The van der Waals surface area contributed by atoms with Gasteiger partial charge in [0.05, 0.1) is 19.2 Å². The predicted octanol–water partition coefficient (Wildman–Crippen LogP) is 2.71. The molecule has 0 amide bonds. The third-order valence-electron chi connectivity index (χ3n) is 3.46. The van der Waals surface area contributed by atoms with Crippen molar-refractivity contribution >= 4 is 0 Å². The molecule has 4 heteroatoms. The molecule has 2 N–H and O–H groups in total. The van der Waals surface area contributed by atoms with Gasteiger partial charge in [-0.2, -0.15) is 5.26 Å². The van der Waals surface area contributed by atoms with E-state index in [4.69, 9.17) is 15.7 Å². The molecule has 0 spiro atoms. The Bertz CT molecular complexity index is 451. The lowest BCUT2D eigenvalue weighted by atomic mass is 9.96. The molecule has 4 nitrogen and oxygen atoms in total. The second-order valence-electron chi connectivity index (χ2n) is 5.29. The molecule has 0 radical (unpaired) electrons. The van der Waals surface area contributed by atoms with Gasteiger partial charge in [-0.25, -0.2) is 0 Å². The maximum absolute atomic E-state index is 8.86. The van der Waals surface area contributed by atoms with Crippen LogP contribution in [0.1, 0.15) is 38.8 Å². The second-order valence-corrected chi connectivity index (χ2v) is 5.29. The zero-order chi connectivity index (χ0) is 15.1. The summed E-state index contributed by atoms with van der Waals surface area (Å²) in [6.45, 7) is 6.96. The van der Waals surface area contributed by atoms with E-state index >= 15 is 0 Å². The average Bonchev–Trinajstić information content (AvgIpc) is 2.42. The molecule has 2 atom stereocenters. The van der Waals surface area contributed by atoms with Crippen LogP contribution in [-0.2, 0) is 0 Å². The number of methoxy groups -OCH3 is 1. The van der Waals surface area contributed by atoms with Gasteiger partial charge in [-0.1, -0.05) is 18.2 Å². The van der Waals surface area contributed by atoms with Crippen molar-refractivity contribution < 1.29 is 4.74 Å². The van der Waals surface area contributed by atoms with Crippen LogP contribution < -0.4 is 10.5 Å². The summed E-state index contributed by atoms with van der Waals surface area (Å²) in [5.41, 5.74) is 7.30. The van der Waals surface area contributed by atoms with Crippen LogP contribution >= 0.6 is 0 Å². The summed E-state index contributed by atoms with van der Waals surface area (Å²) in [5, 5.41) is 8.86. The topological polar surface area (TPSA) is 62.3 Å². The van der Waals surface area contributed by atoms with E-state index in [-0.39, 0.29) is 12.1 Å². The van der Waals surface area contributed by atoms with Crippen molar-refractivity contribution in [3.05, 3.63) is 29.8 Å². The summed E-state index contributed by atoms with van der Waals surface area (Å²) in [7, 11) is 1.67. The summed E-state index contributed by atoms with van der Waals surface area (Å²) in [6, 6.07) is 10.5. The van der Waals surface area contributed by atoms with Crippen molar-refractivity contribution in [1.29, 1.82) is 5.26 Å². The normalized spacial score (nSPS) is 14.1. The Kier molecular flexibility index (Phi) is 6.50. The molecule has 0 aliphatic carbocycles. The molecule has 110 valence electrons. The number of nitriles is 1. The summed E-state index contributed by atoms with van der Waals surface area (Å²) in [4.78, 5) is 2.27. The third-order valence-corrected chi connectivity index (χ3v) is 3.46. The van der Waals surface area contributed by atoms with Crippen LogP contribution in [0.4, 0.5) is 0 Å². The first-order chi connectivity index (χ1) is 9.52. The summed E-state index contributed by atoms with van der Waals surface area (Å²) >= 11 is 0. The first kappa shape index (κ1) is 16.5. The first-order valence-electron chi connectivity index (χ1n) is 7.04. The molecule has 0 saturated carbocycles. The average molecular weight is 275 g/mol. The van der Waals surface area contributed by atoms with E-state index in [2.05, 4.69) is 30.9 Å². The minimum atomic E-state index is -0.0487. The van der Waals surface area contributed by atoms with E-state index in [0.717, 1.165) is 11.3 Å².